The van der Waals surface area contributed by atoms with Gasteiger partial charge >= 0.3 is 0 Å². The Labute approximate surface area is 147 Å². The van der Waals surface area contributed by atoms with Gasteiger partial charge in [0.1, 0.15) is 10.6 Å². The Morgan fingerprint density at radius 3 is 2.78 bits per heavy atom. The molecular weight excluding hydrogens is 376 g/mol. The summed E-state index contributed by atoms with van der Waals surface area (Å²) in [5.74, 6) is 0.529. The third-order valence-corrected chi connectivity index (χ3v) is 5.40. The van der Waals surface area contributed by atoms with Gasteiger partial charge in [0, 0.05) is 22.3 Å². The number of fused-ring (bicyclic) bond motifs is 1. The Hall–Kier alpha value is -1.50. The molecule has 4 nitrogen and oxygen atoms in total. The van der Waals surface area contributed by atoms with Crippen molar-refractivity contribution in [3.63, 3.8) is 0 Å². The van der Waals surface area contributed by atoms with Crippen LogP contribution in [-0.4, -0.2) is 22.2 Å². The van der Waals surface area contributed by atoms with Crippen molar-refractivity contribution in [2.24, 2.45) is 0 Å². The number of benzene rings is 1. The highest BCUT2D eigenvalue weighted by atomic mass is 79.9. The highest BCUT2D eigenvalue weighted by Crippen LogP contribution is 2.39. The molecule has 2 heterocycles. The lowest BCUT2D eigenvalue weighted by molar-refractivity contribution is 0.0696. The number of pyridine rings is 1. The van der Waals surface area contributed by atoms with Gasteiger partial charge in [-0.15, -0.1) is 11.3 Å². The molecule has 0 amide bonds. The largest absolute Gasteiger partial charge is 0.481 e. The predicted molar refractivity (Wildman–Crippen MR) is 96.0 cm³/mol. The van der Waals surface area contributed by atoms with Crippen LogP contribution in [0, 0.1) is 0 Å². The van der Waals surface area contributed by atoms with Gasteiger partial charge in [-0.1, -0.05) is 29.3 Å². The Balaban J connectivity index is 2.10. The molecule has 0 aliphatic rings. The molecule has 120 valence electrons. The minimum Gasteiger partial charge on any atom is -0.481 e. The van der Waals surface area contributed by atoms with Crippen molar-refractivity contribution >= 4 is 37.5 Å². The number of hydrogen-bond acceptors (Lipinski definition) is 5. The van der Waals surface area contributed by atoms with Crippen LogP contribution in [0.3, 0.4) is 0 Å². The monoisotopic (exact) mass is 392 g/mol. The number of ether oxygens (including phenoxy) is 1. The molecule has 1 atom stereocenters. The molecule has 1 unspecified atom stereocenters. The van der Waals surface area contributed by atoms with Crippen LogP contribution in [0.5, 0.6) is 5.88 Å². The van der Waals surface area contributed by atoms with Gasteiger partial charge in [-0.25, -0.2) is 9.97 Å². The van der Waals surface area contributed by atoms with E-state index in [4.69, 9.17) is 4.74 Å². The smallest absolute Gasteiger partial charge is 0.212 e. The predicted octanol–water partition coefficient (Wildman–Crippen LogP) is 4.50. The van der Waals surface area contributed by atoms with Crippen LogP contribution < -0.4 is 4.74 Å². The van der Waals surface area contributed by atoms with Crippen LogP contribution in [0.1, 0.15) is 30.3 Å². The van der Waals surface area contributed by atoms with Crippen LogP contribution in [0.15, 0.2) is 41.0 Å². The lowest BCUT2D eigenvalue weighted by Crippen LogP contribution is -2.27. The fraction of sp³-hybridized carbons (Fsp3) is 0.294. The van der Waals surface area contributed by atoms with E-state index in [2.05, 4.69) is 25.9 Å². The summed E-state index contributed by atoms with van der Waals surface area (Å²) < 4.78 is 7.15. The molecule has 1 aromatic carbocycles. The average molecular weight is 393 g/mol. The molecule has 23 heavy (non-hydrogen) atoms. The van der Waals surface area contributed by atoms with E-state index in [9.17, 15) is 5.11 Å². The van der Waals surface area contributed by atoms with E-state index < -0.39 is 5.60 Å². The Morgan fingerprint density at radius 1 is 1.30 bits per heavy atom. The molecule has 1 N–H and O–H groups in total. The topological polar surface area (TPSA) is 55.2 Å². The number of aromatic nitrogens is 2. The summed E-state index contributed by atoms with van der Waals surface area (Å²) in [6.45, 7) is 2.05. The highest BCUT2D eigenvalue weighted by Gasteiger charge is 2.34. The van der Waals surface area contributed by atoms with Crippen molar-refractivity contribution < 1.29 is 9.84 Å². The maximum atomic E-state index is 11.3. The van der Waals surface area contributed by atoms with E-state index in [1.54, 1.807) is 19.4 Å². The SMILES string of the molecule is CCCC(O)(c1ccc(OC)nc1)c1nc2ccc(Br)cc2s1. The minimum absolute atomic E-state index is 0.529. The zero-order valence-electron chi connectivity index (χ0n) is 12.9. The molecule has 2 aromatic heterocycles. The van der Waals surface area contributed by atoms with E-state index in [0.717, 1.165) is 26.7 Å². The van der Waals surface area contributed by atoms with E-state index in [1.165, 1.54) is 11.3 Å². The standard InChI is InChI=1S/C17H17BrN2O2S/c1-3-8-17(21,11-4-7-15(22-2)19-10-11)16-20-13-6-5-12(18)9-14(13)23-16/h4-7,9-10,21H,3,8H2,1-2H3. The number of methoxy groups -OCH3 is 1. The fourth-order valence-corrected chi connectivity index (χ4v) is 4.22. The molecular formula is C17H17BrN2O2S. The summed E-state index contributed by atoms with van der Waals surface area (Å²) >= 11 is 4.99. The van der Waals surface area contributed by atoms with Crippen LogP contribution in [0.2, 0.25) is 0 Å². The molecule has 0 saturated heterocycles. The summed E-state index contributed by atoms with van der Waals surface area (Å²) in [6, 6.07) is 9.55. The molecule has 0 radical (unpaired) electrons. The first kappa shape index (κ1) is 16.4. The molecule has 0 aliphatic carbocycles. The summed E-state index contributed by atoms with van der Waals surface area (Å²) in [4.78, 5) is 8.88. The van der Waals surface area contributed by atoms with Gasteiger partial charge in [0.2, 0.25) is 5.88 Å². The molecule has 0 spiro atoms. The molecule has 0 saturated carbocycles. The van der Waals surface area contributed by atoms with Crippen molar-refractivity contribution in [1.29, 1.82) is 0 Å². The molecule has 3 rings (SSSR count). The summed E-state index contributed by atoms with van der Waals surface area (Å²) in [6.07, 6.45) is 3.08. The quantitative estimate of drug-likeness (QED) is 0.694. The van der Waals surface area contributed by atoms with Gasteiger partial charge in [-0.05, 0) is 30.7 Å². The maximum Gasteiger partial charge on any atom is 0.212 e. The average Bonchev–Trinajstić information content (AvgIpc) is 2.98. The van der Waals surface area contributed by atoms with Crippen molar-refractivity contribution in [2.75, 3.05) is 7.11 Å². The van der Waals surface area contributed by atoms with E-state index in [0.29, 0.717) is 17.3 Å². The Kier molecular flexibility index (Phi) is 4.66. The van der Waals surface area contributed by atoms with Crippen molar-refractivity contribution in [2.45, 2.75) is 25.4 Å². The second-order valence-corrected chi connectivity index (χ2v) is 7.28. The van der Waals surface area contributed by atoms with Crippen LogP contribution in [0.25, 0.3) is 10.2 Å². The van der Waals surface area contributed by atoms with Crippen molar-refractivity contribution in [1.82, 2.24) is 9.97 Å². The number of hydrogen-bond donors (Lipinski definition) is 1. The zero-order chi connectivity index (χ0) is 16.4. The minimum atomic E-state index is -1.13. The number of thiazole rings is 1. The van der Waals surface area contributed by atoms with Gasteiger partial charge in [-0.3, -0.25) is 0 Å². The normalized spacial score (nSPS) is 13.9. The second kappa shape index (κ2) is 6.55. The number of rotatable bonds is 5. The van der Waals surface area contributed by atoms with E-state index in [1.807, 2.05) is 31.2 Å². The summed E-state index contributed by atoms with van der Waals surface area (Å²) in [7, 11) is 1.58. The number of aliphatic hydroxyl groups is 1. The van der Waals surface area contributed by atoms with E-state index >= 15 is 0 Å². The van der Waals surface area contributed by atoms with Gasteiger partial charge in [0.05, 0.1) is 17.3 Å². The lowest BCUT2D eigenvalue weighted by atomic mass is 9.91. The molecule has 3 aromatic rings. The van der Waals surface area contributed by atoms with Gasteiger partial charge in [0.25, 0.3) is 0 Å². The summed E-state index contributed by atoms with van der Waals surface area (Å²) in [5.41, 5.74) is 0.493. The number of nitrogens with zero attached hydrogens (tertiary/aromatic N) is 2. The molecule has 6 heteroatoms. The van der Waals surface area contributed by atoms with Crippen LogP contribution in [0.4, 0.5) is 0 Å². The van der Waals surface area contributed by atoms with E-state index in [-0.39, 0.29) is 0 Å². The van der Waals surface area contributed by atoms with Gasteiger partial charge < -0.3 is 9.84 Å². The Bertz CT molecular complexity index is 819. The zero-order valence-corrected chi connectivity index (χ0v) is 15.3. The lowest BCUT2D eigenvalue weighted by Gasteiger charge is -2.25. The van der Waals surface area contributed by atoms with Gasteiger partial charge in [-0.2, -0.15) is 0 Å². The van der Waals surface area contributed by atoms with Crippen LogP contribution in [-0.2, 0) is 5.60 Å². The van der Waals surface area contributed by atoms with Gasteiger partial charge in [0.15, 0.2) is 0 Å². The first-order chi connectivity index (χ1) is 11.1. The molecule has 0 fully saturated rings. The fourth-order valence-electron chi connectivity index (χ4n) is 2.56. The second-order valence-electron chi connectivity index (χ2n) is 5.33. The molecule has 0 aliphatic heterocycles. The number of halogens is 1. The summed E-state index contributed by atoms with van der Waals surface area (Å²) in [5, 5.41) is 12.0. The third-order valence-electron chi connectivity index (χ3n) is 3.74. The Morgan fingerprint density at radius 2 is 2.13 bits per heavy atom. The molecule has 0 bridgehead atoms. The van der Waals surface area contributed by atoms with Crippen LogP contribution >= 0.6 is 27.3 Å². The first-order valence-electron chi connectivity index (χ1n) is 7.36. The maximum absolute atomic E-state index is 11.3. The first-order valence-corrected chi connectivity index (χ1v) is 8.97. The third kappa shape index (κ3) is 3.11. The van der Waals surface area contributed by atoms with Crippen molar-refractivity contribution in [3.05, 3.63) is 51.6 Å². The highest BCUT2D eigenvalue weighted by molar-refractivity contribution is 9.10. The van der Waals surface area contributed by atoms with Crippen molar-refractivity contribution in [3.8, 4) is 5.88 Å².